The topological polar surface area (TPSA) is 77.6 Å². The zero-order valence-corrected chi connectivity index (χ0v) is 20.8. The first-order chi connectivity index (χ1) is 16.3. The minimum Gasteiger partial charge on any atom is -0.331 e. The first-order valence-corrected chi connectivity index (χ1v) is 12.9. The molecule has 0 radical (unpaired) electrons. The number of amides is 3. The summed E-state index contributed by atoms with van der Waals surface area (Å²) >= 11 is 1.66. The van der Waals surface area contributed by atoms with Crippen LogP contribution in [0.2, 0.25) is 0 Å². The molecule has 3 fully saturated rings. The molecule has 7 nitrogen and oxygen atoms in total. The van der Waals surface area contributed by atoms with Gasteiger partial charge in [-0.25, -0.2) is 9.78 Å². The van der Waals surface area contributed by atoms with Crippen LogP contribution in [-0.2, 0) is 4.79 Å². The van der Waals surface area contributed by atoms with Crippen LogP contribution in [0.15, 0.2) is 35.2 Å². The molecule has 0 saturated heterocycles. The first kappa shape index (κ1) is 21.9. The number of benzene rings is 1. The molecule has 3 aliphatic carbocycles. The van der Waals surface area contributed by atoms with Gasteiger partial charge >= 0.3 is 6.03 Å². The Hall–Kier alpha value is -2.58. The number of carbonyl (C=O) groups is 2. The van der Waals surface area contributed by atoms with Crippen LogP contribution < -0.4 is 10.0 Å². The van der Waals surface area contributed by atoms with Crippen LogP contribution in [0.3, 0.4) is 0 Å². The molecule has 8 heteroatoms. The van der Waals surface area contributed by atoms with Gasteiger partial charge in [-0.1, -0.05) is 6.08 Å². The summed E-state index contributed by atoms with van der Waals surface area (Å²) in [5.41, 5.74) is 3.42. The van der Waals surface area contributed by atoms with Gasteiger partial charge in [-0.2, -0.15) is 0 Å². The number of aromatic nitrogens is 1. The third kappa shape index (κ3) is 3.96. The lowest BCUT2D eigenvalue weighted by Gasteiger charge is -2.29. The Kier molecular flexibility index (Phi) is 4.97. The van der Waals surface area contributed by atoms with Crippen LogP contribution in [0.25, 0.3) is 16.5 Å². The van der Waals surface area contributed by atoms with Crippen LogP contribution >= 0.6 is 11.9 Å². The average molecular weight is 478 g/mol. The number of nitrogens with one attached hydrogen (secondary N) is 2. The molecule has 1 aromatic carbocycles. The molecule has 0 unspecified atom stereocenters. The molecule has 2 N–H and O–H groups in total. The minimum absolute atomic E-state index is 0.0430. The van der Waals surface area contributed by atoms with Gasteiger partial charge in [0.15, 0.2) is 0 Å². The SMILES string of the molecule is CN(C)C(=O)N1CC=C(c2cc(SNC3(C)CC3)cc3nc(NC(=O)C45CC4C5)ccc23)CC1. The number of hydrogen-bond acceptors (Lipinski definition) is 5. The van der Waals surface area contributed by atoms with Gasteiger partial charge in [0.2, 0.25) is 5.91 Å². The van der Waals surface area contributed by atoms with E-state index in [0.717, 1.165) is 40.6 Å². The fourth-order valence-electron chi connectivity index (χ4n) is 4.76. The third-order valence-electron chi connectivity index (χ3n) is 7.78. The lowest BCUT2D eigenvalue weighted by Crippen LogP contribution is -2.41. The van der Waals surface area contributed by atoms with Crippen molar-refractivity contribution in [1.29, 1.82) is 0 Å². The summed E-state index contributed by atoms with van der Waals surface area (Å²) in [7, 11) is 3.58. The summed E-state index contributed by atoms with van der Waals surface area (Å²) in [6.45, 7) is 3.55. The molecule has 1 aliphatic heterocycles. The highest BCUT2D eigenvalue weighted by atomic mass is 32.2. The van der Waals surface area contributed by atoms with Crippen molar-refractivity contribution in [3.05, 3.63) is 35.9 Å². The molecule has 6 rings (SSSR count). The van der Waals surface area contributed by atoms with Gasteiger partial charge in [-0.05, 0) is 92.3 Å². The van der Waals surface area contributed by atoms with Gasteiger partial charge in [-0.15, -0.1) is 0 Å². The Bertz CT molecular complexity index is 1230. The van der Waals surface area contributed by atoms with Gasteiger partial charge in [0.05, 0.1) is 10.9 Å². The maximum absolute atomic E-state index is 12.6. The predicted molar refractivity (Wildman–Crippen MR) is 135 cm³/mol. The van der Waals surface area contributed by atoms with Gasteiger partial charge in [0.25, 0.3) is 0 Å². The molecule has 0 atom stereocenters. The van der Waals surface area contributed by atoms with Crippen molar-refractivity contribution in [3.63, 3.8) is 0 Å². The number of nitrogens with zero attached hydrogens (tertiary/aromatic N) is 3. The van der Waals surface area contributed by atoms with Gasteiger partial charge in [0, 0.05) is 43.0 Å². The van der Waals surface area contributed by atoms with Crippen molar-refractivity contribution in [2.24, 2.45) is 11.3 Å². The fraction of sp³-hybridized carbons (Fsp3) is 0.500. The molecule has 2 heterocycles. The second-order valence-corrected chi connectivity index (χ2v) is 11.7. The lowest BCUT2D eigenvalue weighted by molar-refractivity contribution is -0.119. The second-order valence-electron chi connectivity index (χ2n) is 10.8. The molecule has 0 spiro atoms. The molecular formula is C26H31N5O2S. The summed E-state index contributed by atoms with van der Waals surface area (Å²) in [6, 6.07) is 8.38. The Morgan fingerprint density at radius 1 is 1.21 bits per heavy atom. The molecule has 2 aromatic rings. The second kappa shape index (κ2) is 7.71. The maximum atomic E-state index is 12.6. The molecule has 178 valence electrons. The Labute approximate surface area is 204 Å². The monoisotopic (exact) mass is 477 g/mol. The highest BCUT2D eigenvalue weighted by Gasteiger charge is 2.74. The van der Waals surface area contributed by atoms with Crippen LogP contribution in [0, 0.1) is 11.3 Å². The molecular weight excluding hydrogens is 446 g/mol. The Balaban J connectivity index is 1.31. The van der Waals surface area contributed by atoms with Crippen LogP contribution in [-0.4, -0.2) is 59.4 Å². The van der Waals surface area contributed by atoms with E-state index in [4.69, 9.17) is 4.98 Å². The fourth-order valence-corrected chi connectivity index (χ4v) is 5.67. The number of urea groups is 1. The lowest BCUT2D eigenvalue weighted by atomic mass is 9.95. The maximum Gasteiger partial charge on any atom is 0.319 e. The van der Waals surface area contributed by atoms with E-state index >= 15 is 0 Å². The van der Waals surface area contributed by atoms with Crippen molar-refractivity contribution in [1.82, 2.24) is 19.5 Å². The molecule has 1 aromatic heterocycles. The normalized spacial score (nSPS) is 25.9. The number of carbonyl (C=O) groups excluding carboxylic acids is 2. The zero-order valence-electron chi connectivity index (χ0n) is 20.0. The van der Waals surface area contributed by atoms with Crippen molar-refractivity contribution in [3.8, 4) is 0 Å². The predicted octanol–water partition coefficient (Wildman–Crippen LogP) is 4.50. The summed E-state index contributed by atoms with van der Waals surface area (Å²) < 4.78 is 3.60. The van der Waals surface area contributed by atoms with E-state index in [-0.39, 0.29) is 22.9 Å². The number of hydrogen-bond donors (Lipinski definition) is 2. The number of rotatable bonds is 6. The number of fused-ring (bicyclic) bond motifs is 2. The molecule has 34 heavy (non-hydrogen) atoms. The van der Waals surface area contributed by atoms with Crippen molar-refractivity contribution < 1.29 is 9.59 Å². The van der Waals surface area contributed by atoms with E-state index in [2.05, 4.69) is 41.2 Å². The van der Waals surface area contributed by atoms with Crippen LogP contribution in [0.4, 0.5) is 10.6 Å². The van der Waals surface area contributed by atoms with E-state index in [1.54, 1.807) is 30.9 Å². The van der Waals surface area contributed by atoms with Crippen molar-refractivity contribution in [2.45, 2.75) is 49.5 Å². The van der Waals surface area contributed by atoms with Gasteiger partial charge < -0.3 is 15.1 Å². The molecule has 4 aliphatic rings. The van der Waals surface area contributed by atoms with Crippen molar-refractivity contribution >= 4 is 46.2 Å². The first-order valence-electron chi connectivity index (χ1n) is 12.1. The molecule has 3 amide bonds. The zero-order chi connectivity index (χ0) is 23.7. The number of anilines is 1. The minimum atomic E-state index is -0.0775. The van der Waals surface area contributed by atoms with Crippen LogP contribution in [0.5, 0.6) is 0 Å². The summed E-state index contributed by atoms with van der Waals surface area (Å²) in [5.74, 6) is 1.36. The smallest absolute Gasteiger partial charge is 0.319 e. The third-order valence-corrected chi connectivity index (χ3v) is 8.85. The highest BCUT2D eigenvalue weighted by molar-refractivity contribution is 7.97. The standard InChI is InChI=1S/C26H31N5O2S/c1-25(8-9-25)29-34-18-12-20(16-6-10-31(11-7-16)24(33)30(2)3)19-4-5-22(27-21(19)13-18)28-23(32)26-14-17(26)15-26/h4-6,12-13,17,29H,7-11,14-15H2,1-3H3,(H,27,28,32). The van der Waals surface area contributed by atoms with Gasteiger partial charge in [-0.3, -0.25) is 9.52 Å². The largest absolute Gasteiger partial charge is 0.331 e. The highest BCUT2D eigenvalue weighted by Crippen LogP contribution is 2.75. The van der Waals surface area contributed by atoms with E-state index in [9.17, 15) is 9.59 Å². The average Bonchev–Trinajstić information content (AvgIpc) is 3.73. The van der Waals surface area contributed by atoms with E-state index in [0.29, 0.717) is 24.8 Å². The Morgan fingerprint density at radius 2 is 1.97 bits per heavy atom. The quantitative estimate of drug-likeness (QED) is 0.599. The summed E-state index contributed by atoms with van der Waals surface area (Å²) in [5, 5.41) is 4.13. The summed E-state index contributed by atoms with van der Waals surface area (Å²) in [4.78, 5) is 34.4. The van der Waals surface area contributed by atoms with E-state index < -0.39 is 0 Å². The van der Waals surface area contributed by atoms with Crippen LogP contribution in [0.1, 0.15) is 44.6 Å². The number of pyridine rings is 1. The molecule has 0 bridgehead atoms. The summed E-state index contributed by atoms with van der Waals surface area (Å²) in [6.07, 6.45) is 7.42. The molecule has 3 saturated carbocycles. The van der Waals surface area contributed by atoms with Gasteiger partial charge in [0.1, 0.15) is 5.82 Å². The Morgan fingerprint density at radius 3 is 2.59 bits per heavy atom. The van der Waals surface area contributed by atoms with Crippen molar-refractivity contribution in [2.75, 3.05) is 32.5 Å². The van der Waals surface area contributed by atoms with E-state index in [1.807, 2.05) is 11.0 Å². The van der Waals surface area contributed by atoms with E-state index in [1.165, 1.54) is 18.4 Å².